The fourth-order valence-corrected chi connectivity index (χ4v) is 3.32. The summed E-state index contributed by atoms with van der Waals surface area (Å²) >= 11 is 1.01. The Morgan fingerprint density at radius 1 is 1.00 bits per heavy atom. The molecule has 2 atom stereocenters. The summed E-state index contributed by atoms with van der Waals surface area (Å²) in [7, 11) is 0. The Bertz CT molecular complexity index is 733. The summed E-state index contributed by atoms with van der Waals surface area (Å²) in [5.74, 6) is -3.44. The zero-order chi connectivity index (χ0) is 17.9. The molecule has 0 aliphatic rings. The zero-order valence-corrected chi connectivity index (χ0v) is 13.8. The summed E-state index contributed by atoms with van der Waals surface area (Å²) in [6.45, 7) is 3.09. The van der Waals surface area contributed by atoms with Crippen molar-refractivity contribution in [2.45, 2.75) is 24.3 Å². The molecule has 2 aromatic carbocycles. The van der Waals surface area contributed by atoms with Crippen molar-refractivity contribution in [3.8, 4) is 0 Å². The molecule has 0 saturated heterocycles. The third-order valence-corrected chi connectivity index (χ3v) is 4.64. The van der Waals surface area contributed by atoms with Gasteiger partial charge in [-0.2, -0.15) is 0 Å². The van der Waals surface area contributed by atoms with Gasteiger partial charge in [0.1, 0.15) is 23.3 Å². The molecule has 2 rings (SSSR count). The van der Waals surface area contributed by atoms with Crippen molar-refractivity contribution in [3.05, 3.63) is 65.2 Å². The molecule has 1 N–H and O–H groups in total. The van der Waals surface area contributed by atoms with Gasteiger partial charge in [0.15, 0.2) is 0 Å². The first-order chi connectivity index (χ1) is 11.3. The lowest BCUT2D eigenvalue weighted by Gasteiger charge is -2.18. The highest BCUT2D eigenvalue weighted by Gasteiger charge is 2.23. The molecule has 0 fully saturated rings. The van der Waals surface area contributed by atoms with Gasteiger partial charge < -0.3 is 5.32 Å². The predicted molar refractivity (Wildman–Crippen MR) is 86.8 cm³/mol. The Morgan fingerprint density at radius 2 is 1.62 bits per heavy atom. The molecule has 0 aliphatic carbocycles. The van der Waals surface area contributed by atoms with E-state index in [1.54, 1.807) is 6.92 Å². The number of carbonyl (C=O) groups is 1. The molecule has 0 heterocycles. The van der Waals surface area contributed by atoms with Gasteiger partial charge in [0.25, 0.3) is 0 Å². The SMILES string of the molecule is CC(SC(C)c1c(F)cccc1F)C(=O)Nc1cc(F)ccc1F. The predicted octanol–water partition coefficient (Wildman–Crippen LogP) is 5.06. The third-order valence-electron chi connectivity index (χ3n) is 3.37. The lowest BCUT2D eigenvalue weighted by atomic mass is 10.1. The number of hydrogen-bond acceptors (Lipinski definition) is 2. The van der Waals surface area contributed by atoms with E-state index in [4.69, 9.17) is 0 Å². The number of amides is 1. The van der Waals surface area contributed by atoms with Crippen molar-refractivity contribution in [1.29, 1.82) is 0 Å². The molecule has 2 unspecified atom stereocenters. The number of hydrogen-bond donors (Lipinski definition) is 1. The molecule has 128 valence electrons. The number of halogens is 4. The van der Waals surface area contributed by atoms with E-state index in [-0.39, 0.29) is 11.3 Å². The van der Waals surface area contributed by atoms with Crippen LogP contribution in [0.5, 0.6) is 0 Å². The molecule has 2 nitrogen and oxygen atoms in total. The second kappa shape index (κ2) is 7.70. The highest BCUT2D eigenvalue weighted by atomic mass is 32.2. The maximum Gasteiger partial charge on any atom is 0.237 e. The maximum absolute atomic E-state index is 13.8. The molecule has 1 amide bonds. The Morgan fingerprint density at radius 3 is 2.25 bits per heavy atom. The van der Waals surface area contributed by atoms with Crippen LogP contribution in [0.25, 0.3) is 0 Å². The highest BCUT2D eigenvalue weighted by molar-refractivity contribution is 8.00. The number of carbonyl (C=O) groups excluding carboxylic acids is 1. The molecule has 0 saturated carbocycles. The average Bonchev–Trinajstić information content (AvgIpc) is 2.50. The molecular weight excluding hydrogens is 342 g/mol. The molecule has 24 heavy (non-hydrogen) atoms. The summed E-state index contributed by atoms with van der Waals surface area (Å²) in [6, 6.07) is 6.25. The monoisotopic (exact) mass is 357 g/mol. The second-order valence-corrected chi connectivity index (χ2v) is 6.86. The topological polar surface area (TPSA) is 29.1 Å². The Hall–Kier alpha value is -2.02. The Labute approximate surface area is 141 Å². The van der Waals surface area contributed by atoms with Crippen LogP contribution in [-0.4, -0.2) is 11.2 Å². The standard InChI is InChI=1S/C17H15F4NOS/c1-9(16-13(20)4-3-5-14(16)21)24-10(2)17(23)22-15-8-11(18)6-7-12(15)19/h3-10H,1-2H3,(H,22,23). The lowest BCUT2D eigenvalue weighted by molar-refractivity contribution is -0.115. The number of anilines is 1. The quantitative estimate of drug-likeness (QED) is 0.758. The van der Waals surface area contributed by atoms with E-state index in [9.17, 15) is 22.4 Å². The van der Waals surface area contributed by atoms with E-state index < -0.39 is 39.7 Å². The van der Waals surface area contributed by atoms with Gasteiger partial charge in [-0.05, 0) is 38.1 Å². The molecule has 0 aromatic heterocycles. The van der Waals surface area contributed by atoms with Crippen LogP contribution in [-0.2, 0) is 4.79 Å². The molecule has 7 heteroatoms. The van der Waals surface area contributed by atoms with Crippen LogP contribution < -0.4 is 5.32 Å². The normalized spacial score (nSPS) is 13.4. The van der Waals surface area contributed by atoms with Crippen molar-refractivity contribution >= 4 is 23.4 Å². The van der Waals surface area contributed by atoms with E-state index >= 15 is 0 Å². The van der Waals surface area contributed by atoms with E-state index in [1.165, 1.54) is 13.0 Å². The van der Waals surface area contributed by atoms with Gasteiger partial charge in [-0.1, -0.05) is 6.07 Å². The molecule has 0 aliphatic heterocycles. The average molecular weight is 357 g/mol. The van der Waals surface area contributed by atoms with Crippen LogP contribution in [0.2, 0.25) is 0 Å². The molecule has 2 aromatic rings. The summed E-state index contributed by atoms with van der Waals surface area (Å²) in [5.41, 5.74) is -0.406. The maximum atomic E-state index is 13.8. The lowest BCUT2D eigenvalue weighted by Crippen LogP contribution is -2.24. The highest BCUT2D eigenvalue weighted by Crippen LogP contribution is 2.35. The number of benzene rings is 2. The first-order valence-corrected chi connectivity index (χ1v) is 8.09. The van der Waals surface area contributed by atoms with E-state index in [1.807, 2.05) is 0 Å². The Kier molecular flexibility index (Phi) is 5.88. The van der Waals surface area contributed by atoms with Crippen LogP contribution in [0.15, 0.2) is 36.4 Å². The van der Waals surface area contributed by atoms with Crippen molar-refractivity contribution in [3.63, 3.8) is 0 Å². The van der Waals surface area contributed by atoms with Gasteiger partial charge in [-0.25, -0.2) is 17.6 Å². The number of nitrogens with one attached hydrogen (secondary N) is 1. The summed E-state index contributed by atoms with van der Waals surface area (Å²) in [5, 5.41) is 0.905. The minimum Gasteiger partial charge on any atom is -0.323 e. The summed E-state index contributed by atoms with van der Waals surface area (Å²) in [4.78, 5) is 12.1. The molecule has 0 bridgehead atoms. The fourth-order valence-electron chi connectivity index (χ4n) is 2.16. The molecule has 0 radical (unpaired) electrons. The van der Waals surface area contributed by atoms with Gasteiger partial charge >= 0.3 is 0 Å². The Balaban J connectivity index is 2.07. The summed E-state index contributed by atoms with van der Waals surface area (Å²) < 4.78 is 54.2. The van der Waals surface area contributed by atoms with Gasteiger partial charge in [0, 0.05) is 16.9 Å². The van der Waals surface area contributed by atoms with Crippen molar-refractivity contribution < 1.29 is 22.4 Å². The van der Waals surface area contributed by atoms with Crippen molar-refractivity contribution in [2.75, 3.05) is 5.32 Å². The third kappa shape index (κ3) is 4.29. The van der Waals surface area contributed by atoms with Crippen molar-refractivity contribution in [1.82, 2.24) is 0 Å². The summed E-state index contributed by atoms with van der Waals surface area (Å²) in [6.07, 6.45) is 0. The fraction of sp³-hybridized carbons (Fsp3) is 0.235. The first-order valence-electron chi connectivity index (χ1n) is 7.15. The minimum absolute atomic E-state index is 0.126. The molecule has 0 spiro atoms. The zero-order valence-electron chi connectivity index (χ0n) is 12.9. The largest absolute Gasteiger partial charge is 0.323 e. The second-order valence-electron chi connectivity index (χ2n) is 5.17. The van der Waals surface area contributed by atoms with E-state index in [0.29, 0.717) is 0 Å². The van der Waals surface area contributed by atoms with Crippen LogP contribution >= 0.6 is 11.8 Å². The van der Waals surface area contributed by atoms with Gasteiger partial charge in [0.2, 0.25) is 5.91 Å². The minimum atomic E-state index is -0.768. The smallest absolute Gasteiger partial charge is 0.237 e. The van der Waals surface area contributed by atoms with Crippen molar-refractivity contribution in [2.24, 2.45) is 0 Å². The van der Waals surface area contributed by atoms with Gasteiger partial charge in [0.05, 0.1) is 10.9 Å². The van der Waals surface area contributed by atoms with Crippen LogP contribution in [0, 0.1) is 23.3 Å². The van der Waals surface area contributed by atoms with Crippen LogP contribution in [0.1, 0.15) is 24.7 Å². The van der Waals surface area contributed by atoms with Gasteiger partial charge in [-0.15, -0.1) is 11.8 Å². The van der Waals surface area contributed by atoms with Crippen LogP contribution in [0.4, 0.5) is 23.2 Å². The molecular formula is C17H15F4NOS. The van der Waals surface area contributed by atoms with Gasteiger partial charge in [-0.3, -0.25) is 4.79 Å². The number of rotatable bonds is 5. The first kappa shape index (κ1) is 18.3. The number of thioether (sulfide) groups is 1. The van der Waals surface area contributed by atoms with Crippen LogP contribution in [0.3, 0.4) is 0 Å². The van der Waals surface area contributed by atoms with E-state index in [2.05, 4.69) is 5.32 Å². The van der Waals surface area contributed by atoms with E-state index in [0.717, 1.165) is 42.1 Å².